The molecule has 1 aliphatic carbocycles. The van der Waals surface area contributed by atoms with E-state index in [4.69, 9.17) is 9.47 Å². The summed E-state index contributed by atoms with van der Waals surface area (Å²) in [5, 5.41) is 3.01. The molecule has 0 atom stereocenters. The van der Waals surface area contributed by atoms with Crippen LogP contribution in [0, 0.1) is 6.92 Å². The number of nitrogens with one attached hydrogen (secondary N) is 1. The van der Waals surface area contributed by atoms with Gasteiger partial charge >= 0.3 is 0 Å². The maximum atomic E-state index is 12.6. The molecule has 1 aromatic rings. The number of ether oxygens (including phenoxy) is 2. The van der Waals surface area contributed by atoms with Crippen molar-refractivity contribution in [2.24, 2.45) is 0 Å². The van der Waals surface area contributed by atoms with Crippen molar-refractivity contribution in [3.8, 4) is 5.75 Å². The molecular weight excluding hydrogens is 278 g/mol. The Morgan fingerprint density at radius 1 is 1.32 bits per heavy atom. The lowest BCUT2D eigenvalue weighted by Crippen LogP contribution is -2.43. The molecule has 0 unspecified atom stereocenters. The summed E-state index contributed by atoms with van der Waals surface area (Å²) in [6, 6.07) is 5.74. The second kappa shape index (κ2) is 7.14. The molecule has 4 heteroatoms. The predicted molar refractivity (Wildman–Crippen MR) is 88.4 cm³/mol. The van der Waals surface area contributed by atoms with E-state index in [1.807, 2.05) is 45.9 Å². The third kappa shape index (κ3) is 3.80. The van der Waals surface area contributed by atoms with E-state index in [9.17, 15) is 4.79 Å². The van der Waals surface area contributed by atoms with E-state index in [1.54, 1.807) is 0 Å². The van der Waals surface area contributed by atoms with Gasteiger partial charge in [-0.1, -0.05) is 0 Å². The molecule has 1 saturated carbocycles. The molecule has 1 amide bonds. The highest BCUT2D eigenvalue weighted by molar-refractivity contribution is 5.97. The van der Waals surface area contributed by atoms with Crippen molar-refractivity contribution in [1.82, 2.24) is 0 Å². The Labute approximate surface area is 133 Å². The molecule has 1 fully saturated rings. The Balaban J connectivity index is 2.09. The molecule has 2 rings (SSSR count). The summed E-state index contributed by atoms with van der Waals surface area (Å²) < 4.78 is 11.5. The van der Waals surface area contributed by atoms with Gasteiger partial charge in [-0.05, 0) is 77.1 Å². The van der Waals surface area contributed by atoms with Crippen molar-refractivity contribution >= 4 is 11.6 Å². The van der Waals surface area contributed by atoms with E-state index < -0.39 is 5.60 Å². The maximum absolute atomic E-state index is 12.6. The first-order valence-electron chi connectivity index (χ1n) is 8.19. The molecule has 0 bridgehead atoms. The van der Waals surface area contributed by atoms with E-state index in [0.717, 1.165) is 42.7 Å². The van der Waals surface area contributed by atoms with Crippen LogP contribution >= 0.6 is 0 Å². The number of rotatable bonds is 6. The SMILES string of the molecule is CCOC1(C(=O)Nc2ccc(OC(C)C)c(C)c2)CCCC1. The predicted octanol–water partition coefficient (Wildman–Crippen LogP) is 4.07. The molecule has 1 aromatic carbocycles. The van der Waals surface area contributed by atoms with E-state index in [2.05, 4.69) is 5.32 Å². The molecule has 4 nitrogen and oxygen atoms in total. The van der Waals surface area contributed by atoms with Crippen LogP contribution in [0.1, 0.15) is 52.0 Å². The van der Waals surface area contributed by atoms with Gasteiger partial charge < -0.3 is 14.8 Å². The first-order chi connectivity index (χ1) is 10.5. The molecule has 22 heavy (non-hydrogen) atoms. The van der Waals surface area contributed by atoms with Gasteiger partial charge in [0.2, 0.25) is 0 Å². The Bertz CT molecular complexity index is 519. The summed E-state index contributed by atoms with van der Waals surface area (Å²) in [5.74, 6) is 0.831. The second-order valence-electron chi connectivity index (χ2n) is 6.24. The van der Waals surface area contributed by atoms with Gasteiger partial charge in [0.1, 0.15) is 11.4 Å². The Kier molecular flexibility index (Phi) is 5.46. The van der Waals surface area contributed by atoms with Crippen LogP contribution in [0.4, 0.5) is 5.69 Å². The largest absolute Gasteiger partial charge is 0.491 e. The Hall–Kier alpha value is -1.55. The highest BCUT2D eigenvalue weighted by Crippen LogP contribution is 2.34. The topological polar surface area (TPSA) is 47.6 Å². The smallest absolute Gasteiger partial charge is 0.256 e. The van der Waals surface area contributed by atoms with Gasteiger partial charge in [0.15, 0.2) is 0 Å². The Morgan fingerprint density at radius 2 is 2.00 bits per heavy atom. The van der Waals surface area contributed by atoms with Crippen LogP contribution in [-0.2, 0) is 9.53 Å². The first kappa shape index (κ1) is 16.8. The fourth-order valence-electron chi connectivity index (χ4n) is 3.02. The average Bonchev–Trinajstić information content (AvgIpc) is 2.92. The van der Waals surface area contributed by atoms with Crippen molar-refractivity contribution in [2.45, 2.75) is 65.1 Å². The first-order valence-corrected chi connectivity index (χ1v) is 8.19. The second-order valence-corrected chi connectivity index (χ2v) is 6.24. The van der Waals surface area contributed by atoms with Crippen LogP contribution < -0.4 is 10.1 Å². The lowest BCUT2D eigenvalue weighted by atomic mass is 10.0. The third-order valence-corrected chi connectivity index (χ3v) is 4.04. The highest BCUT2D eigenvalue weighted by Gasteiger charge is 2.41. The molecule has 1 N–H and O–H groups in total. The number of anilines is 1. The van der Waals surface area contributed by atoms with Crippen molar-refractivity contribution in [1.29, 1.82) is 0 Å². The van der Waals surface area contributed by atoms with Crippen LogP contribution in [0.25, 0.3) is 0 Å². The third-order valence-electron chi connectivity index (χ3n) is 4.04. The van der Waals surface area contributed by atoms with Crippen molar-refractivity contribution in [3.05, 3.63) is 23.8 Å². The number of hydrogen-bond acceptors (Lipinski definition) is 3. The summed E-state index contributed by atoms with van der Waals surface area (Å²) in [5.41, 5.74) is 1.17. The minimum absolute atomic E-state index is 0.0243. The standard InChI is InChI=1S/C18H27NO3/c1-5-21-18(10-6-7-11-18)17(20)19-15-8-9-16(14(4)12-15)22-13(2)3/h8-9,12-13H,5-7,10-11H2,1-4H3,(H,19,20). The number of carbonyl (C=O) groups excluding carboxylic acids is 1. The van der Waals surface area contributed by atoms with Crippen molar-refractivity contribution < 1.29 is 14.3 Å². The quantitative estimate of drug-likeness (QED) is 0.862. The molecule has 1 aliphatic rings. The highest BCUT2D eigenvalue weighted by atomic mass is 16.5. The van der Waals surface area contributed by atoms with Gasteiger partial charge in [0.25, 0.3) is 5.91 Å². The van der Waals surface area contributed by atoms with Crippen LogP contribution in [0.5, 0.6) is 5.75 Å². The molecule has 0 heterocycles. The molecule has 0 spiro atoms. The van der Waals surface area contributed by atoms with Gasteiger partial charge in [-0.25, -0.2) is 0 Å². The van der Waals surface area contributed by atoms with E-state index in [-0.39, 0.29) is 12.0 Å². The fourth-order valence-corrected chi connectivity index (χ4v) is 3.02. The zero-order chi connectivity index (χ0) is 16.2. The molecule has 122 valence electrons. The monoisotopic (exact) mass is 305 g/mol. The van der Waals surface area contributed by atoms with Gasteiger partial charge in [0.05, 0.1) is 6.10 Å². The summed E-state index contributed by atoms with van der Waals surface area (Å²) in [6.07, 6.45) is 3.85. The van der Waals surface area contributed by atoms with Gasteiger partial charge in [-0.3, -0.25) is 4.79 Å². The zero-order valence-electron chi connectivity index (χ0n) is 14.1. The lowest BCUT2D eigenvalue weighted by Gasteiger charge is -2.27. The number of aryl methyl sites for hydroxylation is 1. The minimum atomic E-state index is -0.643. The number of amides is 1. The number of hydrogen-bond donors (Lipinski definition) is 1. The maximum Gasteiger partial charge on any atom is 0.256 e. The molecular formula is C18H27NO3. The molecule has 0 saturated heterocycles. The van der Waals surface area contributed by atoms with E-state index >= 15 is 0 Å². The minimum Gasteiger partial charge on any atom is -0.491 e. The zero-order valence-corrected chi connectivity index (χ0v) is 14.1. The summed E-state index contributed by atoms with van der Waals surface area (Å²) in [4.78, 5) is 12.6. The van der Waals surface area contributed by atoms with E-state index in [0.29, 0.717) is 6.61 Å². The fraction of sp³-hybridized carbons (Fsp3) is 0.611. The average molecular weight is 305 g/mol. The summed E-state index contributed by atoms with van der Waals surface area (Å²) in [7, 11) is 0. The Morgan fingerprint density at radius 3 is 2.55 bits per heavy atom. The number of benzene rings is 1. The van der Waals surface area contributed by atoms with Gasteiger partial charge in [-0.15, -0.1) is 0 Å². The van der Waals surface area contributed by atoms with Crippen LogP contribution in [0.2, 0.25) is 0 Å². The van der Waals surface area contributed by atoms with Gasteiger partial charge in [-0.2, -0.15) is 0 Å². The summed E-state index contributed by atoms with van der Waals surface area (Å²) >= 11 is 0. The lowest BCUT2D eigenvalue weighted by molar-refractivity contribution is -0.140. The molecule has 0 radical (unpaired) electrons. The van der Waals surface area contributed by atoms with Crippen LogP contribution in [0.3, 0.4) is 0 Å². The van der Waals surface area contributed by atoms with Gasteiger partial charge in [0, 0.05) is 12.3 Å². The van der Waals surface area contributed by atoms with Crippen LogP contribution in [-0.4, -0.2) is 24.2 Å². The summed E-state index contributed by atoms with van der Waals surface area (Å²) in [6.45, 7) is 8.49. The van der Waals surface area contributed by atoms with Crippen molar-refractivity contribution in [3.63, 3.8) is 0 Å². The number of carbonyl (C=O) groups is 1. The normalized spacial score (nSPS) is 16.8. The molecule has 0 aliphatic heterocycles. The van der Waals surface area contributed by atoms with E-state index in [1.165, 1.54) is 0 Å². The van der Waals surface area contributed by atoms with Crippen LogP contribution in [0.15, 0.2) is 18.2 Å². The van der Waals surface area contributed by atoms with Crippen molar-refractivity contribution in [2.75, 3.05) is 11.9 Å². The molecule has 0 aromatic heterocycles.